The van der Waals surface area contributed by atoms with Crippen LogP contribution in [0.1, 0.15) is 44.9 Å². The van der Waals surface area contributed by atoms with Crippen LogP contribution in [-0.2, 0) is 6.54 Å². The number of carbonyl (C=O) groups excluding carboxylic acids is 1. The molecule has 0 bridgehead atoms. The van der Waals surface area contributed by atoms with Gasteiger partial charge in [0.1, 0.15) is 12.4 Å². The van der Waals surface area contributed by atoms with E-state index in [1.165, 1.54) is 23.2 Å². The summed E-state index contributed by atoms with van der Waals surface area (Å²) in [6.07, 6.45) is -1.32. The third kappa shape index (κ3) is 3.71. The molecule has 0 saturated carbocycles. The second-order valence-corrected chi connectivity index (χ2v) is 6.40. The van der Waals surface area contributed by atoms with Crippen LogP contribution in [0.15, 0.2) is 30.5 Å². The van der Waals surface area contributed by atoms with Crippen molar-refractivity contribution in [3.05, 3.63) is 57.9 Å². The standard InChI is InChI=1S/C18H15ClF2N2O4/c1-9(10-2-3-14(13(19)6-10)27-8-15(20)21)23-7-12-11(17(23)24)4-5-22-16(12)18(25)26/h2-6,9,15H,7-8H2,1H3,(H,25,26). The Morgan fingerprint density at radius 2 is 2.15 bits per heavy atom. The van der Waals surface area contributed by atoms with Crippen LogP contribution in [0.4, 0.5) is 8.78 Å². The highest BCUT2D eigenvalue weighted by atomic mass is 35.5. The normalized spacial score (nSPS) is 14.4. The topological polar surface area (TPSA) is 79.7 Å². The second kappa shape index (κ2) is 7.48. The van der Waals surface area contributed by atoms with E-state index in [-0.39, 0.29) is 28.9 Å². The van der Waals surface area contributed by atoms with Gasteiger partial charge in [-0.25, -0.2) is 18.6 Å². The third-order valence-corrected chi connectivity index (χ3v) is 4.64. The third-order valence-electron chi connectivity index (χ3n) is 4.35. The number of halogens is 3. The van der Waals surface area contributed by atoms with E-state index in [0.29, 0.717) is 16.7 Å². The molecule has 0 spiro atoms. The first kappa shape index (κ1) is 19.0. The van der Waals surface area contributed by atoms with E-state index in [4.69, 9.17) is 16.3 Å². The predicted octanol–water partition coefficient (Wildman–Crippen LogP) is 3.79. The fourth-order valence-corrected chi connectivity index (χ4v) is 3.22. The molecule has 2 aromatic rings. The van der Waals surface area contributed by atoms with Gasteiger partial charge in [-0.15, -0.1) is 0 Å². The highest BCUT2D eigenvalue weighted by molar-refractivity contribution is 6.32. The molecule has 0 radical (unpaired) electrons. The lowest BCUT2D eigenvalue weighted by atomic mass is 10.1. The number of aromatic carboxylic acids is 1. The van der Waals surface area contributed by atoms with Crippen molar-refractivity contribution in [3.8, 4) is 5.75 Å². The van der Waals surface area contributed by atoms with Crippen LogP contribution in [0.2, 0.25) is 5.02 Å². The number of fused-ring (bicyclic) bond motifs is 1. The quantitative estimate of drug-likeness (QED) is 0.803. The first-order valence-corrected chi connectivity index (χ1v) is 8.40. The number of aromatic nitrogens is 1. The number of alkyl halides is 2. The Labute approximate surface area is 158 Å². The summed E-state index contributed by atoms with van der Waals surface area (Å²) in [5, 5.41) is 9.41. The summed E-state index contributed by atoms with van der Waals surface area (Å²) in [7, 11) is 0. The Hall–Kier alpha value is -2.74. The molecule has 142 valence electrons. The zero-order valence-corrected chi connectivity index (χ0v) is 14.9. The van der Waals surface area contributed by atoms with Crippen LogP contribution in [0.5, 0.6) is 5.75 Å². The van der Waals surface area contributed by atoms with Gasteiger partial charge in [-0.1, -0.05) is 17.7 Å². The molecule has 0 aliphatic carbocycles. The average Bonchev–Trinajstić information content (AvgIpc) is 2.96. The van der Waals surface area contributed by atoms with E-state index in [1.54, 1.807) is 19.1 Å². The van der Waals surface area contributed by atoms with Crippen molar-refractivity contribution in [2.45, 2.75) is 25.9 Å². The minimum Gasteiger partial charge on any atom is -0.486 e. The smallest absolute Gasteiger partial charge is 0.354 e. The van der Waals surface area contributed by atoms with Crippen molar-refractivity contribution < 1.29 is 28.2 Å². The van der Waals surface area contributed by atoms with Crippen molar-refractivity contribution in [3.63, 3.8) is 0 Å². The molecule has 3 rings (SSSR count). The van der Waals surface area contributed by atoms with Gasteiger partial charge in [0, 0.05) is 23.9 Å². The number of carboxylic acids is 1. The molecule has 1 atom stereocenters. The summed E-state index contributed by atoms with van der Waals surface area (Å²) in [5.41, 5.74) is 1.18. The summed E-state index contributed by atoms with van der Waals surface area (Å²) < 4.78 is 29.5. The molecule has 1 aromatic heterocycles. The molecule has 27 heavy (non-hydrogen) atoms. The number of hydrogen-bond donors (Lipinski definition) is 1. The van der Waals surface area contributed by atoms with Crippen molar-refractivity contribution in [2.24, 2.45) is 0 Å². The molecule has 1 aliphatic heterocycles. The van der Waals surface area contributed by atoms with E-state index < -0.39 is 25.0 Å². The fourth-order valence-electron chi connectivity index (χ4n) is 2.97. The molecule has 0 saturated heterocycles. The number of rotatable bonds is 6. The molecule has 0 fully saturated rings. The number of pyridine rings is 1. The molecule has 1 aliphatic rings. The fraction of sp³-hybridized carbons (Fsp3) is 0.278. The van der Waals surface area contributed by atoms with E-state index in [9.17, 15) is 23.5 Å². The van der Waals surface area contributed by atoms with Crippen LogP contribution in [0, 0.1) is 0 Å². The number of ether oxygens (including phenoxy) is 1. The zero-order valence-electron chi connectivity index (χ0n) is 14.2. The van der Waals surface area contributed by atoms with Crippen LogP contribution >= 0.6 is 11.6 Å². The maximum Gasteiger partial charge on any atom is 0.354 e. The van der Waals surface area contributed by atoms with Gasteiger partial charge in [-0.2, -0.15) is 0 Å². The van der Waals surface area contributed by atoms with Crippen molar-refractivity contribution in [1.29, 1.82) is 0 Å². The lowest BCUT2D eigenvalue weighted by Gasteiger charge is -2.25. The molecule has 1 amide bonds. The number of carboxylic acid groups (broad SMARTS) is 1. The lowest BCUT2D eigenvalue weighted by molar-refractivity contribution is 0.0678. The minimum atomic E-state index is -2.61. The Morgan fingerprint density at radius 3 is 2.78 bits per heavy atom. The van der Waals surface area contributed by atoms with Crippen molar-refractivity contribution in [1.82, 2.24) is 9.88 Å². The Bertz CT molecular complexity index is 907. The lowest BCUT2D eigenvalue weighted by Crippen LogP contribution is -2.27. The van der Waals surface area contributed by atoms with E-state index in [0.717, 1.165) is 0 Å². The molecule has 6 nitrogen and oxygen atoms in total. The highest BCUT2D eigenvalue weighted by Crippen LogP contribution is 2.35. The predicted molar refractivity (Wildman–Crippen MR) is 92.4 cm³/mol. The Morgan fingerprint density at radius 1 is 1.41 bits per heavy atom. The maximum atomic E-state index is 12.7. The number of hydrogen-bond acceptors (Lipinski definition) is 4. The molecule has 1 N–H and O–H groups in total. The number of amides is 1. The van der Waals surface area contributed by atoms with E-state index >= 15 is 0 Å². The molecular weight excluding hydrogens is 382 g/mol. The second-order valence-electron chi connectivity index (χ2n) is 5.99. The van der Waals surface area contributed by atoms with Gasteiger partial charge in [0.15, 0.2) is 5.69 Å². The van der Waals surface area contributed by atoms with Crippen molar-refractivity contribution >= 4 is 23.5 Å². The first-order valence-electron chi connectivity index (χ1n) is 8.02. The summed E-state index contributed by atoms with van der Waals surface area (Å²) in [6, 6.07) is 5.71. The molecule has 1 unspecified atom stereocenters. The number of benzene rings is 1. The van der Waals surface area contributed by atoms with Gasteiger partial charge < -0.3 is 14.7 Å². The summed E-state index contributed by atoms with van der Waals surface area (Å²) in [4.78, 5) is 29.3. The van der Waals surface area contributed by atoms with Crippen molar-refractivity contribution in [2.75, 3.05) is 6.61 Å². The zero-order chi connectivity index (χ0) is 19.7. The Balaban J connectivity index is 1.84. The minimum absolute atomic E-state index is 0.103. The SMILES string of the molecule is CC(c1ccc(OCC(F)F)c(Cl)c1)N1Cc2c(ccnc2C(=O)O)C1=O. The largest absolute Gasteiger partial charge is 0.486 e. The van der Waals surface area contributed by atoms with Crippen LogP contribution < -0.4 is 4.74 Å². The Kier molecular flexibility index (Phi) is 5.27. The van der Waals surface area contributed by atoms with Crippen LogP contribution in [0.3, 0.4) is 0 Å². The van der Waals surface area contributed by atoms with Crippen LogP contribution in [-0.4, -0.2) is 39.9 Å². The van der Waals surface area contributed by atoms with E-state index in [2.05, 4.69) is 4.98 Å². The van der Waals surface area contributed by atoms with Gasteiger partial charge >= 0.3 is 5.97 Å². The molecule has 1 aromatic carbocycles. The summed E-state index contributed by atoms with van der Waals surface area (Å²) in [5.74, 6) is -1.38. The van der Waals surface area contributed by atoms with Gasteiger partial charge in [0.05, 0.1) is 11.1 Å². The maximum absolute atomic E-state index is 12.7. The van der Waals surface area contributed by atoms with Gasteiger partial charge in [0.25, 0.3) is 12.3 Å². The molecule has 9 heteroatoms. The highest BCUT2D eigenvalue weighted by Gasteiger charge is 2.35. The monoisotopic (exact) mass is 396 g/mol. The summed E-state index contributed by atoms with van der Waals surface area (Å²) >= 11 is 6.09. The number of nitrogens with zero attached hydrogens (tertiary/aromatic N) is 2. The molecule has 2 heterocycles. The van der Waals surface area contributed by atoms with E-state index in [1.807, 2.05) is 0 Å². The van der Waals surface area contributed by atoms with Gasteiger partial charge in [-0.3, -0.25) is 4.79 Å². The van der Waals surface area contributed by atoms with Crippen LogP contribution in [0.25, 0.3) is 0 Å². The van der Waals surface area contributed by atoms with Gasteiger partial charge in [0.2, 0.25) is 0 Å². The molecular formula is C18H15ClF2N2O4. The average molecular weight is 397 g/mol. The first-order chi connectivity index (χ1) is 12.8. The van der Waals surface area contributed by atoms with Gasteiger partial charge in [-0.05, 0) is 30.7 Å². The summed E-state index contributed by atoms with van der Waals surface area (Å²) in [6.45, 7) is 1.11. The number of carbonyl (C=O) groups is 2.